The lowest BCUT2D eigenvalue weighted by atomic mass is 10.2. The molecule has 1 rings (SSSR count). The molecule has 0 spiro atoms. The molecule has 7 nitrogen and oxygen atoms in total. The van der Waals surface area contributed by atoms with Crippen LogP contribution in [-0.4, -0.2) is 43.3 Å². The molecule has 1 aromatic rings. The third-order valence-electron chi connectivity index (χ3n) is 2.73. The molecule has 0 atom stereocenters. The first-order valence-electron chi connectivity index (χ1n) is 6.57. The summed E-state index contributed by atoms with van der Waals surface area (Å²) in [5.74, 6) is -1.42. The Morgan fingerprint density at radius 3 is 2.38 bits per heavy atom. The van der Waals surface area contributed by atoms with Gasteiger partial charge in [-0.2, -0.15) is 17.2 Å². The first-order chi connectivity index (χ1) is 11.0. The van der Waals surface area contributed by atoms with Crippen molar-refractivity contribution >= 4 is 44.6 Å². The van der Waals surface area contributed by atoms with Crippen LogP contribution >= 0.6 is 22.6 Å². The fraction of sp³-hybridized carbons (Fsp3) is 0.385. The van der Waals surface area contributed by atoms with Gasteiger partial charge in [-0.15, -0.1) is 0 Å². The van der Waals surface area contributed by atoms with E-state index in [1.807, 2.05) is 0 Å². The second-order valence-corrected chi connectivity index (χ2v) is 7.43. The maximum atomic E-state index is 12.8. The largest absolute Gasteiger partial charge is 0.458 e. The Hall–Kier alpha value is -1.34. The molecule has 24 heavy (non-hydrogen) atoms. The summed E-state index contributed by atoms with van der Waals surface area (Å²) in [6.07, 6.45) is -0.180. The summed E-state index contributed by atoms with van der Waals surface area (Å²) in [7, 11) is -5.64. The van der Waals surface area contributed by atoms with Crippen molar-refractivity contribution in [3.8, 4) is 0 Å². The number of esters is 1. The predicted molar refractivity (Wildman–Crippen MR) is 88.2 cm³/mol. The molecule has 0 saturated carbocycles. The van der Waals surface area contributed by atoms with E-state index < -0.39 is 27.9 Å². The summed E-state index contributed by atoms with van der Waals surface area (Å²) in [5.41, 5.74) is 0.436. The molecule has 134 valence electrons. The highest BCUT2D eigenvalue weighted by atomic mass is 127. The summed E-state index contributed by atoms with van der Waals surface area (Å²) < 4.78 is 59.6. The molecule has 0 saturated heterocycles. The van der Waals surface area contributed by atoms with E-state index in [0.717, 1.165) is 3.57 Å². The normalized spacial score (nSPS) is 11.8. The highest BCUT2D eigenvalue weighted by Crippen LogP contribution is 2.20. The van der Waals surface area contributed by atoms with Crippen molar-refractivity contribution in [1.82, 2.24) is 5.32 Å². The number of carbonyl (C=O) groups is 2. The number of rotatable bonds is 8. The molecule has 0 unspecified atom stereocenters. The van der Waals surface area contributed by atoms with Crippen molar-refractivity contribution in [2.75, 3.05) is 13.2 Å². The fourth-order valence-electron chi connectivity index (χ4n) is 1.45. The van der Waals surface area contributed by atoms with Gasteiger partial charge in [0.15, 0.2) is 6.61 Å². The van der Waals surface area contributed by atoms with Gasteiger partial charge in [0, 0.05) is 22.1 Å². The molecule has 11 heteroatoms. The average molecular weight is 477 g/mol. The highest BCUT2D eigenvalue weighted by Gasteiger charge is 2.45. The number of halogens is 3. The van der Waals surface area contributed by atoms with Gasteiger partial charge in [-0.25, -0.2) is 0 Å². The lowest BCUT2D eigenvalue weighted by Gasteiger charge is -2.13. The molecular formula is C13H14F2INO6S. The smallest absolute Gasteiger partial charge is 0.402 e. The van der Waals surface area contributed by atoms with Gasteiger partial charge < -0.3 is 10.1 Å². The predicted octanol–water partition coefficient (Wildman–Crippen LogP) is 1.83. The maximum Gasteiger partial charge on any atom is 0.402 e. The van der Waals surface area contributed by atoms with Crippen LogP contribution in [-0.2, 0) is 19.6 Å². The quantitative estimate of drug-likeness (QED) is 0.256. The summed E-state index contributed by atoms with van der Waals surface area (Å²) in [6.45, 7) is -1.66. The van der Waals surface area contributed by atoms with Crippen LogP contribution in [0.25, 0.3) is 0 Å². The molecule has 1 amide bonds. The van der Waals surface area contributed by atoms with Crippen molar-refractivity contribution in [3.05, 3.63) is 33.4 Å². The zero-order valence-electron chi connectivity index (χ0n) is 12.2. The third-order valence-corrected chi connectivity index (χ3v) is 4.32. The van der Waals surface area contributed by atoms with Gasteiger partial charge in [0.25, 0.3) is 5.91 Å². The Labute approximate surface area is 150 Å². The third kappa shape index (κ3) is 6.65. The minimum absolute atomic E-state index is 0.106. The van der Waals surface area contributed by atoms with E-state index in [-0.39, 0.29) is 25.3 Å². The zero-order chi connectivity index (χ0) is 18.4. The van der Waals surface area contributed by atoms with E-state index in [1.54, 1.807) is 24.3 Å². The lowest BCUT2D eigenvalue weighted by Crippen LogP contribution is -2.34. The average Bonchev–Trinajstić information content (AvgIpc) is 2.49. The van der Waals surface area contributed by atoms with Gasteiger partial charge >= 0.3 is 21.3 Å². The first kappa shape index (κ1) is 20.7. The molecule has 0 aromatic heterocycles. The fourth-order valence-corrected chi connectivity index (χ4v) is 2.02. The number of ether oxygens (including phenoxy) is 1. The van der Waals surface area contributed by atoms with Crippen LogP contribution in [0, 0.1) is 3.57 Å². The number of hydrogen-bond acceptors (Lipinski definition) is 5. The number of carbonyl (C=O) groups excluding carboxylic acids is 2. The Bertz CT molecular complexity index is 693. The SMILES string of the molecule is O=C(CCCNC(=O)c1ccc(I)cc1)OCC(F)(F)S(=O)(=O)O. The van der Waals surface area contributed by atoms with Crippen molar-refractivity contribution in [2.45, 2.75) is 18.1 Å². The standard InChI is InChI=1S/C13H14F2INO6S/c14-13(15,24(20,21)22)8-23-11(18)2-1-7-17-12(19)9-3-5-10(16)6-4-9/h3-6H,1-2,7-8H2,(H,17,19)(H,20,21,22). The molecule has 0 heterocycles. The second-order valence-electron chi connectivity index (χ2n) is 4.64. The van der Waals surface area contributed by atoms with E-state index >= 15 is 0 Å². The highest BCUT2D eigenvalue weighted by molar-refractivity contribution is 14.1. The molecular weight excluding hydrogens is 463 g/mol. The molecule has 0 fully saturated rings. The van der Waals surface area contributed by atoms with Gasteiger partial charge in [-0.05, 0) is 53.3 Å². The number of nitrogens with one attached hydrogen (secondary N) is 1. The Balaban J connectivity index is 2.29. The monoisotopic (exact) mass is 477 g/mol. The van der Waals surface area contributed by atoms with Crippen molar-refractivity contribution in [1.29, 1.82) is 0 Å². The van der Waals surface area contributed by atoms with Crippen LogP contribution in [0.15, 0.2) is 24.3 Å². The van der Waals surface area contributed by atoms with Crippen LogP contribution in [0.1, 0.15) is 23.2 Å². The molecule has 0 aliphatic heterocycles. The van der Waals surface area contributed by atoms with Crippen LogP contribution in [0.2, 0.25) is 0 Å². The van der Waals surface area contributed by atoms with Gasteiger partial charge in [0.05, 0.1) is 0 Å². The van der Waals surface area contributed by atoms with Crippen LogP contribution < -0.4 is 5.32 Å². The second kappa shape index (κ2) is 8.67. The van der Waals surface area contributed by atoms with Crippen LogP contribution in [0.5, 0.6) is 0 Å². The van der Waals surface area contributed by atoms with E-state index in [2.05, 4.69) is 32.6 Å². The summed E-state index contributed by atoms with van der Waals surface area (Å²) in [5, 5.41) is -2.02. The first-order valence-corrected chi connectivity index (χ1v) is 9.09. The van der Waals surface area contributed by atoms with Gasteiger partial charge in [-0.1, -0.05) is 0 Å². The molecule has 0 aliphatic carbocycles. The zero-order valence-corrected chi connectivity index (χ0v) is 15.1. The number of hydrogen-bond donors (Lipinski definition) is 2. The Morgan fingerprint density at radius 2 is 1.83 bits per heavy atom. The van der Waals surface area contributed by atoms with E-state index in [1.165, 1.54) is 0 Å². The van der Waals surface area contributed by atoms with Crippen LogP contribution in [0.4, 0.5) is 8.78 Å². The topological polar surface area (TPSA) is 110 Å². The Kier molecular flexibility index (Phi) is 7.48. The molecule has 0 bridgehead atoms. The van der Waals surface area contributed by atoms with Crippen molar-refractivity contribution < 1.29 is 36.1 Å². The minimum Gasteiger partial charge on any atom is -0.458 e. The molecule has 0 aliphatic rings. The lowest BCUT2D eigenvalue weighted by molar-refractivity contribution is -0.149. The van der Waals surface area contributed by atoms with E-state index in [4.69, 9.17) is 4.55 Å². The van der Waals surface area contributed by atoms with E-state index in [9.17, 15) is 26.8 Å². The van der Waals surface area contributed by atoms with Gasteiger partial charge in [-0.3, -0.25) is 14.1 Å². The van der Waals surface area contributed by atoms with Gasteiger partial charge in [0.1, 0.15) is 0 Å². The Morgan fingerprint density at radius 1 is 1.25 bits per heavy atom. The van der Waals surface area contributed by atoms with Crippen molar-refractivity contribution in [2.24, 2.45) is 0 Å². The van der Waals surface area contributed by atoms with E-state index in [0.29, 0.717) is 5.56 Å². The number of alkyl halides is 2. The summed E-state index contributed by atoms with van der Waals surface area (Å²) in [4.78, 5) is 23.0. The molecule has 1 aromatic carbocycles. The molecule has 2 N–H and O–H groups in total. The summed E-state index contributed by atoms with van der Waals surface area (Å²) >= 11 is 2.09. The minimum atomic E-state index is -5.64. The number of amides is 1. The summed E-state index contributed by atoms with van der Waals surface area (Å²) in [6, 6.07) is 6.76. The van der Waals surface area contributed by atoms with Gasteiger partial charge in [0.2, 0.25) is 0 Å². The van der Waals surface area contributed by atoms with Crippen LogP contribution in [0.3, 0.4) is 0 Å². The molecule has 0 radical (unpaired) electrons. The van der Waals surface area contributed by atoms with Crippen molar-refractivity contribution in [3.63, 3.8) is 0 Å². The maximum absolute atomic E-state index is 12.8. The number of benzene rings is 1.